The van der Waals surface area contributed by atoms with Gasteiger partial charge in [-0.25, -0.2) is 8.42 Å². The van der Waals surface area contributed by atoms with E-state index >= 15 is 0 Å². The number of ether oxygens (including phenoxy) is 1. The number of sulfonamides is 1. The summed E-state index contributed by atoms with van der Waals surface area (Å²) >= 11 is 1.55. The number of benzene rings is 2. The summed E-state index contributed by atoms with van der Waals surface area (Å²) in [6, 6.07) is 8.15. The first-order valence-corrected chi connectivity index (χ1v) is 10.6. The van der Waals surface area contributed by atoms with Gasteiger partial charge in [-0.05, 0) is 24.3 Å². The van der Waals surface area contributed by atoms with Crippen molar-refractivity contribution in [2.24, 2.45) is 0 Å². The molecule has 1 aliphatic rings. The van der Waals surface area contributed by atoms with Gasteiger partial charge in [0.1, 0.15) is 5.75 Å². The molecular formula is C17H17N3O6S2. The monoisotopic (exact) mass is 423 g/mol. The molecule has 148 valence electrons. The van der Waals surface area contributed by atoms with Gasteiger partial charge >= 0.3 is 0 Å². The van der Waals surface area contributed by atoms with Crippen LogP contribution in [-0.4, -0.2) is 38.7 Å². The van der Waals surface area contributed by atoms with E-state index in [1.807, 2.05) is 0 Å². The normalized spacial score (nSPS) is 13.6. The molecule has 2 aromatic rings. The summed E-state index contributed by atoms with van der Waals surface area (Å²) in [6.45, 7) is 1.93. The molecule has 28 heavy (non-hydrogen) atoms. The number of hydrogen-bond acceptors (Lipinski definition) is 7. The van der Waals surface area contributed by atoms with Gasteiger partial charge in [-0.1, -0.05) is 0 Å². The number of nitrogens with one attached hydrogen (secondary N) is 1. The minimum atomic E-state index is -4.01. The van der Waals surface area contributed by atoms with E-state index in [2.05, 4.69) is 4.72 Å². The molecule has 0 aromatic heterocycles. The van der Waals surface area contributed by atoms with Crippen LogP contribution in [-0.2, 0) is 14.8 Å². The quantitative estimate of drug-likeness (QED) is 0.580. The SMILES string of the molecule is COc1cc([N+](=O)[O-])ccc1NS(=O)(=O)c1ccc2c(c1)N(C(C)=O)CCS2. The molecule has 1 amide bonds. The summed E-state index contributed by atoms with van der Waals surface area (Å²) < 4.78 is 33.1. The van der Waals surface area contributed by atoms with E-state index in [9.17, 15) is 23.3 Å². The van der Waals surface area contributed by atoms with Crippen LogP contribution in [0.15, 0.2) is 46.2 Å². The fraction of sp³-hybridized carbons (Fsp3) is 0.235. The predicted octanol–water partition coefficient (Wildman–Crippen LogP) is 2.86. The molecule has 0 saturated heterocycles. The Labute approximate surface area is 165 Å². The summed E-state index contributed by atoms with van der Waals surface area (Å²) in [5.74, 6) is 0.592. The van der Waals surface area contributed by atoms with Crippen LogP contribution in [0.5, 0.6) is 5.75 Å². The zero-order chi connectivity index (χ0) is 20.5. The first-order valence-electron chi connectivity index (χ1n) is 8.13. The van der Waals surface area contributed by atoms with Gasteiger partial charge in [0.15, 0.2) is 0 Å². The lowest BCUT2D eigenvalue weighted by molar-refractivity contribution is -0.384. The van der Waals surface area contributed by atoms with Gasteiger partial charge in [-0.3, -0.25) is 19.6 Å². The standard InChI is InChI=1S/C17H17N3O6S2/c1-11(21)19-7-8-27-17-6-4-13(10-15(17)19)28(24,25)18-14-5-3-12(20(22)23)9-16(14)26-2/h3-6,9-10,18H,7-8H2,1-2H3. The molecule has 0 spiro atoms. The Morgan fingerprint density at radius 2 is 2.04 bits per heavy atom. The minimum absolute atomic E-state index is 0.0247. The zero-order valence-corrected chi connectivity index (χ0v) is 16.7. The summed E-state index contributed by atoms with van der Waals surface area (Å²) in [4.78, 5) is 24.5. The molecule has 3 rings (SSSR count). The number of nitro benzene ring substituents is 1. The van der Waals surface area contributed by atoms with Crippen molar-refractivity contribution in [1.82, 2.24) is 0 Å². The summed E-state index contributed by atoms with van der Waals surface area (Å²) in [5.41, 5.74) is 0.397. The van der Waals surface area contributed by atoms with Crippen molar-refractivity contribution in [3.05, 3.63) is 46.5 Å². The maximum atomic E-state index is 12.8. The molecule has 1 aliphatic heterocycles. The van der Waals surface area contributed by atoms with Crippen LogP contribution < -0.4 is 14.4 Å². The maximum Gasteiger partial charge on any atom is 0.273 e. The average Bonchev–Trinajstić information content (AvgIpc) is 2.66. The number of anilines is 2. The van der Waals surface area contributed by atoms with Crippen molar-refractivity contribution >= 4 is 44.8 Å². The van der Waals surface area contributed by atoms with E-state index in [1.54, 1.807) is 17.8 Å². The molecule has 0 aliphatic carbocycles. The highest BCUT2D eigenvalue weighted by molar-refractivity contribution is 7.99. The van der Waals surface area contributed by atoms with Crippen LogP contribution in [0.25, 0.3) is 0 Å². The number of amides is 1. The number of thioether (sulfide) groups is 1. The van der Waals surface area contributed by atoms with Gasteiger partial charge in [0, 0.05) is 30.2 Å². The average molecular weight is 423 g/mol. The molecular weight excluding hydrogens is 406 g/mol. The number of non-ortho nitro benzene ring substituents is 1. The highest BCUT2D eigenvalue weighted by atomic mass is 32.2. The second kappa shape index (κ2) is 7.68. The van der Waals surface area contributed by atoms with Gasteiger partial charge in [-0.15, -0.1) is 11.8 Å². The number of nitro groups is 1. The van der Waals surface area contributed by atoms with Crippen molar-refractivity contribution in [3.8, 4) is 5.75 Å². The Morgan fingerprint density at radius 1 is 1.29 bits per heavy atom. The largest absolute Gasteiger partial charge is 0.494 e. The lowest BCUT2D eigenvalue weighted by Gasteiger charge is -2.28. The number of hydrogen-bond donors (Lipinski definition) is 1. The number of carbonyl (C=O) groups excluding carboxylic acids is 1. The lowest BCUT2D eigenvalue weighted by Crippen LogP contribution is -2.33. The van der Waals surface area contributed by atoms with Crippen molar-refractivity contribution in [3.63, 3.8) is 0 Å². The van der Waals surface area contributed by atoms with E-state index in [-0.39, 0.29) is 27.9 Å². The molecule has 2 aromatic carbocycles. The number of rotatable bonds is 5. The molecule has 1 N–H and O–H groups in total. The van der Waals surface area contributed by atoms with E-state index < -0.39 is 14.9 Å². The summed E-state index contributed by atoms with van der Waals surface area (Å²) in [6.07, 6.45) is 0. The number of nitrogens with zero attached hydrogens (tertiary/aromatic N) is 2. The van der Waals surface area contributed by atoms with E-state index in [0.29, 0.717) is 12.2 Å². The second-order valence-electron chi connectivity index (χ2n) is 5.90. The van der Waals surface area contributed by atoms with Crippen LogP contribution >= 0.6 is 11.8 Å². The third kappa shape index (κ3) is 3.90. The molecule has 0 bridgehead atoms. The smallest absolute Gasteiger partial charge is 0.273 e. The Bertz CT molecular complexity index is 1050. The van der Waals surface area contributed by atoms with Crippen LogP contribution in [0.2, 0.25) is 0 Å². The molecule has 0 radical (unpaired) electrons. The van der Waals surface area contributed by atoms with Gasteiger partial charge < -0.3 is 9.64 Å². The second-order valence-corrected chi connectivity index (χ2v) is 8.71. The molecule has 0 fully saturated rings. The molecule has 0 atom stereocenters. The molecule has 1 heterocycles. The fourth-order valence-electron chi connectivity index (χ4n) is 2.77. The Morgan fingerprint density at radius 3 is 2.68 bits per heavy atom. The first-order chi connectivity index (χ1) is 13.2. The van der Waals surface area contributed by atoms with Crippen LogP contribution in [0.4, 0.5) is 17.1 Å². The predicted molar refractivity (Wildman–Crippen MR) is 106 cm³/mol. The zero-order valence-electron chi connectivity index (χ0n) is 15.0. The Hall–Kier alpha value is -2.79. The van der Waals surface area contributed by atoms with Crippen molar-refractivity contribution < 1.29 is 22.9 Å². The molecule has 0 unspecified atom stereocenters. The minimum Gasteiger partial charge on any atom is -0.494 e. The van der Waals surface area contributed by atoms with Gasteiger partial charge in [0.25, 0.3) is 15.7 Å². The number of fused-ring (bicyclic) bond motifs is 1. The van der Waals surface area contributed by atoms with E-state index in [0.717, 1.165) is 16.7 Å². The van der Waals surface area contributed by atoms with Crippen molar-refractivity contribution in [2.45, 2.75) is 16.7 Å². The van der Waals surface area contributed by atoms with Crippen molar-refractivity contribution in [1.29, 1.82) is 0 Å². The fourth-order valence-corrected chi connectivity index (χ4v) is 4.84. The Kier molecular flexibility index (Phi) is 5.47. The van der Waals surface area contributed by atoms with Gasteiger partial charge in [0.2, 0.25) is 5.91 Å². The first kappa shape index (κ1) is 20.0. The third-order valence-corrected chi connectivity index (χ3v) is 6.53. The summed E-state index contributed by atoms with van der Waals surface area (Å²) in [7, 11) is -2.72. The highest BCUT2D eigenvalue weighted by Gasteiger charge is 2.25. The van der Waals surface area contributed by atoms with E-state index in [4.69, 9.17) is 4.74 Å². The number of methoxy groups -OCH3 is 1. The van der Waals surface area contributed by atoms with E-state index in [1.165, 1.54) is 43.2 Å². The lowest BCUT2D eigenvalue weighted by atomic mass is 10.2. The topological polar surface area (TPSA) is 119 Å². The molecule has 9 nitrogen and oxygen atoms in total. The van der Waals surface area contributed by atoms with Gasteiger partial charge in [0.05, 0.1) is 34.4 Å². The number of carbonyl (C=O) groups is 1. The van der Waals surface area contributed by atoms with Crippen molar-refractivity contribution in [2.75, 3.05) is 29.0 Å². The Balaban J connectivity index is 1.97. The summed E-state index contributed by atoms with van der Waals surface area (Å²) in [5, 5.41) is 10.9. The third-order valence-electron chi connectivity index (χ3n) is 4.12. The van der Waals surface area contributed by atoms with Gasteiger partial charge in [-0.2, -0.15) is 0 Å². The molecule has 0 saturated carbocycles. The molecule has 11 heteroatoms. The van der Waals surface area contributed by atoms with Crippen LogP contribution in [0, 0.1) is 10.1 Å². The highest BCUT2D eigenvalue weighted by Crippen LogP contribution is 2.37. The van der Waals surface area contributed by atoms with Crippen LogP contribution in [0.3, 0.4) is 0 Å². The van der Waals surface area contributed by atoms with Crippen LogP contribution in [0.1, 0.15) is 6.92 Å². The maximum absolute atomic E-state index is 12.8.